The zero-order valence-corrected chi connectivity index (χ0v) is 19.4. The summed E-state index contributed by atoms with van der Waals surface area (Å²) >= 11 is 0.944. The molecule has 1 amide bonds. The van der Waals surface area contributed by atoms with Crippen molar-refractivity contribution in [2.75, 3.05) is 31.1 Å². The minimum Gasteiger partial charge on any atom is -0.368 e. The standard InChI is InChI=1S/C21H24FN5O3S2/c1-14(2)19(25-32(29,30)18-5-3-4-17-20(18)24-31-23-17)21(28)27-12-10-26(11-13-27)16-8-6-15(22)7-9-16/h3-9,14,19,25H,10-13H2,1-2H3/t19-/m1/s1. The van der Waals surface area contributed by atoms with Crippen LogP contribution in [0.5, 0.6) is 0 Å². The Morgan fingerprint density at radius 2 is 1.75 bits per heavy atom. The molecule has 4 rings (SSSR count). The molecule has 0 bridgehead atoms. The quantitative estimate of drug-likeness (QED) is 0.586. The van der Waals surface area contributed by atoms with Crippen LogP contribution >= 0.6 is 11.7 Å². The van der Waals surface area contributed by atoms with Gasteiger partial charge in [0.25, 0.3) is 0 Å². The molecule has 1 atom stereocenters. The third kappa shape index (κ3) is 4.59. The van der Waals surface area contributed by atoms with Crippen molar-refractivity contribution in [3.8, 4) is 0 Å². The SMILES string of the molecule is CC(C)[C@@H](NS(=O)(=O)c1cccc2nsnc12)C(=O)N1CCN(c2ccc(F)cc2)CC1. The van der Waals surface area contributed by atoms with E-state index in [1.54, 1.807) is 29.2 Å². The second-order valence-corrected chi connectivity index (χ2v) is 10.2. The Bertz CT molecular complexity index is 1210. The average molecular weight is 478 g/mol. The highest BCUT2D eigenvalue weighted by atomic mass is 32.2. The van der Waals surface area contributed by atoms with Crippen molar-refractivity contribution in [3.63, 3.8) is 0 Å². The highest BCUT2D eigenvalue weighted by Crippen LogP contribution is 2.23. The summed E-state index contributed by atoms with van der Waals surface area (Å²) in [7, 11) is -3.98. The van der Waals surface area contributed by atoms with Crippen molar-refractivity contribution < 1.29 is 17.6 Å². The van der Waals surface area contributed by atoms with Crippen molar-refractivity contribution in [2.45, 2.75) is 24.8 Å². The summed E-state index contributed by atoms with van der Waals surface area (Å²) in [6, 6.07) is 10.1. The van der Waals surface area contributed by atoms with E-state index in [2.05, 4.69) is 18.4 Å². The maximum atomic E-state index is 13.3. The summed E-state index contributed by atoms with van der Waals surface area (Å²) < 4.78 is 50.2. The number of benzene rings is 2. The number of carbonyl (C=O) groups excluding carboxylic acids is 1. The van der Waals surface area contributed by atoms with E-state index < -0.39 is 16.1 Å². The van der Waals surface area contributed by atoms with Gasteiger partial charge in [-0.2, -0.15) is 13.5 Å². The number of nitrogens with one attached hydrogen (secondary N) is 1. The number of piperazine rings is 1. The topological polar surface area (TPSA) is 95.5 Å². The van der Waals surface area contributed by atoms with Crippen molar-refractivity contribution in [1.82, 2.24) is 18.4 Å². The van der Waals surface area contributed by atoms with Gasteiger partial charge in [0, 0.05) is 31.9 Å². The fourth-order valence-electron chi connectivity index (χ4n) is 3.73. The number of amides is 1. The van der Waals surface area contributed by atoms with Gasteiger partial charge in [0.05, 0.1) is 11.7 Å². The minimum absolute atomic E-state index is 0.0170. The third-order valence-electron chi connectivity index (χ3n) is 5.54. The first kappa shape index (κ1) is 22.6. The number of fused-ring (bicyclic) bond motifs is 1. The van der Waals surface area contributed by atoms with Crippen LogP contribution in [0.15, 0.2) is 47.4 Å². The Hall–Kier alpha value is -2.63. The molecule has 0 radical (unpaired) electrons. The summed E-state index contributed by atoms with van der Waals surface area (Å²) in [6.07, 6.45) is 0. The Labute approximate surface area is 190 Å². The van der Waals surface area contributed by atoms with E-state index in [0.717, 1.165) is 17.4 Å². The van der Waals surface area contributed by atoms with Gasteiger partial charge in [-0.15, -0.1) is 0 Å². The van der Waals surface area contributed by atoms with Crippen LogP contribution in [-0.2, 0) is 14.8 Å². The molecule has 0 unspecified atom stereocenters. The van der Waals surface area contributed by atoms with Crippen LogP contribution in [0.25, 0.3) is 11.0 Å². The molecule has 3 aromatic rings. The molecule has 1 aromatic heterocycles. The predicted octanol–water partition coefficient (Wildman–Crippen LogP) is 2.48. The molecule has 8 nitrogen and oxygen atoms in total. The molecule has 1 N–H and O–H groups in total. The van der Waals surface area contributed by atoms with Gasteiger partial charge in [0.15, 0.2) is 0 Å². The molecule has 11 heteroatoms. The first-order chi connectivity index (χ1) is 15.3. The molecular formula is C21H24FN5O3S2. The number of aromatic nitrogens is 2. The Morgan fingerprint density at radius 3 is 2.41 bits per heavy atom. The fraction of sp³-hybridized carbons (Fsp3) is 0.381. The third-order valence-corrected chi connectivity index (χ3v) is 7.55. The van der Waals surface area contributed by atoms with Gasteiger partial charge >= 0.3 is 0 Å². The van der Waals surface area contributed by atoms with Crippen LogP contribution in [0.1, 0.15) is 13.8 Å². The minimum atomic E-state index is -3.98. The van der Waals surface area contributed by atoms with E-state index in [4.69, 9.17) is 0 Å². The van der Waals surface area contributed by atoms with Crippen LogP contribution in [0, 0.1) is 11.7 Å². The largest absolute Gasteiger partial charge is 0.368 e. The molecule has 1 fully saturated rings. The summed E-state index contributed by atoms with van der Waals surface area (Å²) in [4.78, 5) is 17.0. The summed E-state index contributed by atoms with van der Waals surface area (Å²) in [5, 5.41) is 0. The first-order valence-corrected chi connectivity index (χ1v) is 12.5. The van der Waals surface area contributed by atoms with Crippen molar-refractivity contribution in [2.24, 2.45) is 5.92 Å². The lowest BCUT2D eigenvalue weighted by Gasteiger charge is -2.38. The second-order valence-electron chi connectivity index (χ2n) is 8.02. The average Bonchev–Trinajstić information content (AvgIpc) is 3.26. The number of nitrogens with zero attached hydrogens (tertiary/aromatic N) is 4. The number of hydrogen-bond donors (Lipinski definition) is 1. The summed E-state index contributed by atoms with van der Waals surface area (Å²) in [5.41, 5.74) is 1.69. The predicted molar refractivity (Wildman–Crippen MR) is 122 cm³/mol. The molecular weight excluding hydrogens is 453 g/mol. The number of sulfonamides is 1. The molecule has 1 saturated heterocycles. The highest BCUT2D eigenvalue weighted by Gasteiger charge is 2.34. The van der Waals surface area contributed by atoms with Crippen LogP contribution in [-0.4, -0.2) is 60.2 Å². The van der Waals surface area contributed by atoms with E-state index in [-0.39, 0.29) is 22.5 Å². The Morgan fingerprint density at radius 1 is 1.06 bits per heavy atom. The molecule has 1 aliphatic rings. The van der Waals surface area contributed by atoms with Gasteiger partial charge in [-0.1, -0.05) is 19.9 Å². The summed E-state index contributed by atoms with van der Waals surface area (Å²) in [6.45, 7) is 5.69. The number of hydrogen-bond acceptors (Lipinski definition) is 7. The van der Waals surface area contributed by atoms with Gasteiger partial charge in [-0.25, -0.2) is 12.8 Å². The Kier molecular flexibility index (Phi) is 6.40. The Balaban J connectivity index is 1.47. The summed E-state index contributed by atoms with van der Waals surface area (Å²) in [5.74, 6) is -0.801. The second kappa shape index (κ2) is 9.08. The molecule has 1 aliphatic heterocycles. The van der Waals surface area contributed by atoms with E-state index in [1.165, 1.54) is 18.2 Å². The number of rotatable bonds is 6. The van der Waals surface area contributed by atoms with Crippen molar-refractivity contribution in [3.05, 3.63) is 48.3 Å². The normalized spacial score (nSPS) is 16.0. The first-order valence-electron chi connectivity index (χ1n) is 10.3. The molecule has 0 spiro atoms. The number of carbonyl (C=O) groups is 1. The molecule has 170 valence electrons. The van der Waals surface area contributed by atoms with E-state index in [1.807, 2.05) is 13.8 Å². The molecule has 2 aromatic carbocycles. The lowest BCUT2D eigenvalue weighted by atomic mass is 10.0. The molecule has 0 aliphatic carbocycles. The number of halogens is 1. The van der Waals surface area contributed by atoms with Gasteiger partial charge < -0.3 is 9.80 Å². The smallest absolute Gasteiger partial charge is 0.243 e. The lowest BCUT2D eigenvalue weighted by Crippen LogP contribution is -2.56. The van der Waals surface area contributed by atoms with Crippen LogP contribution in [0.4, 0.5) is 10.1 Å². The van der Waals surface area contributed by atoms with Gasteiger partial charge in [0.2, 0.25) is 15.9 Å². The van der Waals surface area contributed by atoms with Gasteiger partial charge in [-0.3, -0.25) is 4.79 Å². The zero-order valence-electron chi connectivity index (χ0n) is 17.7. The van der Waals surface area contributed by atoms with Crippen molar-refractivity contribution >= 4 is 44.4 Å². The van der Waals surface area contributed by atoms with E-state index in [0.29, 0.717) is 37.2 Å². The van der Waals surface area contributed by atoms with Crippen LogP contribution < -0.4 is 9.62 Å². The lowest BCUT2D eigenvalue weighted by molar-refractivity contribution is -0.134. The van der Waals surface area contributed by atoms with Gasteiger partial charge in [-0.05, 0) is 42.3 Å². The molecule has 0 saturated carbocycles. The van der Waals surface area contributed by atoms with Crippen molar-refractivity contribution in [1.29, 1.82) is 0 Å². The van der Waals surface area contributed by atoms with Gasteiger partial charge in [0.1, 0.15) is 27.8 Å². The van der Waals surface area contributed by atoms with E-state index in [9.17, 15) is 17.6 Å². The molecule has 32 heavy (non-hydrogen) atoms. The van der Waals surface area contributed by atoms with Crippen LogP contribution in [0.2, 0.25) is 0 Å². The maximum Gasteiger partial charge on any atom is 0.243 e. The molecule has 2 heterocycles. The van der Waals surface area contributed by atoms with E-state index >= 15 is 0 Å². The maximum absolute atomic E-state index is 13.3. The highest BCUT2D eigenvalue weighted by molar-refractivity contribution is 7.89. The monoisotopic (exact) mass is 477 g/mol. The van der Waals surface area contributed by atoms with Crippen LogP contribution in [0.3, 0.4) is 0 Å². The fourth-order valence-corrected chi connectivity index (χ4v) is 5.84. The zero-order chi connectivity index (χ0) is 22.9. The number of anilines is 1.